The average Bonchev–Trinajstić information content (AvgIpc) is 2.64. The van der Waals surface area contributed by atoms with E-state index in [1.54, 1.807) is 0 Å². The third-order valence-corrected chi connectivity index (χ3v) is 6.72. The summed E-state index contributed by atoms with van der Waals surface area (Å²) in [7, 11) is 0. The zero-order valence-corrected chi connectivity index (χ0v) is 16.2. The summed E-state index contributed by atoms with van der Waals surface area (Å²) in [6, 6.07) is 0. The van der Waals surface area contributed by atoms with Crippen molar-refractivity contribution in [1.82, 2.24) is 0 Å². The Bertz CT molecular complexity index is 319. The van der Waals surface area contributed by atoms with E-state index in [0.29, 0.717) is 6.42 Å². The molecule has 2 aliphatic rings. The van der Waals surface area contributed by atoms with Crippen molar-refractivity contribution in [1.29, 1.82) is 0 Å². The highest BCUT2D eigenvalue weighted by Gasteiger charge is 2.23. The van der Waals surface area contributed by atoms with Gasteiger partial charge < -0.3 is 0 Å². The maximum Gasteiger partial charge on any atom is 0.0897 e. The van der Waals surface area contributed by atoms with Crippen LogP contribution in [-0.4, -0.2) is 6.67 Å². The summed E-state index contributed by atoms with van der Waals surface area (Å²) in [6.45, 7) is 2.15. The summed E-state index contributed by atoms with van der Waals surface area (Å²) < 4.78 is 12.1. The van der Waals surface area contributed by atoms with E-state index in [9.17, 15) is 4.39 Å². The summed E-state index contributed by atoms with van der Waals surface area (Å²) in [4.78, 5) is 0. The highest BCUT2D eigenvalue weighted by Crippen LogP contribution is 2.37. The van der Waals surface area contributed by atoms with Crippen molar-refractivity contribution >= 4 is 0 Å². The highest BCUT2D eigenvalue weighted by atomic mass is 19.1. The van der Waals surface area contributed by atoms with E-state index in [2.05, 4.69) is 19.1 Å². The van der Waals surface area contributed by atoms with Crippen molar-refractivity contribution in [2.24, 2.45) is 23.7 Å². The third kappa shape index (κ3) is 7.70. The number of hydrogen-bond acceptors (Lipinski definition) is 0. The Balaban J connectivity index is 1.53. The molecule has 2 fully saturated rings. The Morgan fingerprint density at radius 3 is 1.83 bits per heavy atom. The van der Waals surface area contributed by atoms with Gasteiger partial charge in [-0.15, -0.1) is 0 Å². The lowest BCUT2D eigenvalue weighted by Gasteiger charge is -2.31. The molecule has 0 spiro atoms. The Labute approximate surface area is 150 Å². The summed E-state index contributed by atoms with van der Waals surface area (Å²) in [5, 5.41) is 0. The standard InChI is InChI=1S/C23H41F/c1-2-3-7-20-9-13-22(14-10-20)17-18-23-15-11-21(12-16-23)8-5-4-6-19-24/h5,8,20-23H,2-4,6-7,9-19H2,1H3. The molecule has 2 rings (SSSR count). The first-order chi connectivity index (χ1) is 11.8. The highest BCUT2D eigenvalue weighted by molar-refractivity contribution is 4.91. The summed E-state index contributed by atoms with van der Waals surface area (Å²) in [6.07, 6.45) is 25.2. The topological polar surface area (TPSA) is 0 Å². The molecule has 0 N–H and O–H groups in total. The van der Waals surface area contributed by atoms with Gasteiger partial charge in [-0.3, -0.25) is 4.39 Å². The van der Waals surface area contributed by atoms with Crippen molar-refractivity contribution in [3.05, 3.63) is 12.2 Å². The molecule has 0 unspecified atom stereocenters. The van der Waals surface area contributed by atoms with Crippen molar-refractivity contribution in [2.75, 3.05) is 6.67 Å². The van der Waals surface area contributed by atoms with E-state index in [1.807, 2.05) is 0 Å². The SMILES string of the molecule is CCCCC1CCC(CCC2CCC(C=CCCCF)CC2)CC1. The average molecular weight is 337 g/mol. The molecule has 0 aromatic heterocycles. The van der Waals surface area contributed by atoms with Crippen LogP contribution in [-0.2, 0) is 0 Å². The lowest BCUT2D eigenvalue weighted by molar-refractivity contribution is 0.220. The molecule has 0 aromatic carbocycles. The van der Waals surface area contributed by atoms with Gasteiger partial charge in [0.2, 0.25) is 0 Å². The minimum Gasteiger partial charge on any atom is -0.251 e. The zero-order valence-electron chi connectivity index (χ0n) is 16.2. The number of rotatable bonds is 10. The molecule has 24 heavy (non-hydrogen) atoms. The van der Waals surface area contributed by atoms with Crippen LogP contribution in [0.2, 0.25) is 0 Å². The monoisotopic (exact) mass is 336 g/mol. The molecule has 0 aromatic rings. The number of alkyl halides is 1. The fourth-order valence-corrected chi connectivity index (χ4v) is 4.93. The van der Waals surface area contributed by atoms with Crippen LogP contribution < -0.4 is 0 Å². The molecule has 0 amide bonds. The minimum atomic E-state index is -0.169. The smallest absolute Gasteiger partial charge is 0.0897 e. The molecule has 2 aliphatic carbocycles. The molecule has 0 aliphatic heterocycles. The Morgan fingerprint density at radius 2 is 1.29 bits per heavy atom. The number of halogens is 1. The van der Waals surface area contributed by atoms with Gasteiger partial charge in [-0.1, -0.05) is 76.9 Å². The minimum absolute atomic E-state index is 0.169. The Kier molecular flexibility index (Phi) is 10.1. The second-order valence-corrected chi connectivity index (χ2v) is 8.65. The van der Waals surface area contributed by atoms with E-state index in [-0.39, 0.29) is 6.67 Å². The van der Waals surface area contributed by atoms with Crippen LogP contribution in [0.15, 0.2) is 12.2 Å². The molecule has 140 valence electrons. The predicted octanol–water partition coefficient (Wildman–Crippen LogP) is 7.88. The molecular weight excluding hydrogens is 295 g/mol. The van der Waals surface area contributed by atoms with Crippen LogP contribution in [0.4, 0.5) is 4.39 Å². The number of hydrogen-bond donors (Lipinski definition) is 0. The lowest BCUT2D eigenvalue weighted by atomic mass is 9.75. The predicted molar refractivity (Wildman–Crippen MR) is 104 cm³/mol. The van der Waals surface area contributed by atoms with Gasteiger partial charge in [0, 0.05) is 0 Å². The molecule has 0 saturated heterocycles. The van der Waals surface area contributed by atoms with Gasteiger partial charge in [0.05, 0.1) is 6.67 Å². The van der Waals surface area contributed by atoms with Crippen LogP contribution in [0, 0.1) is 23.7 Å². The van der Waals surface area contributed by atoms with Gasteiger partial charge in [-0.2, -0.15) is 0 Å². The van der Waals surface area contributed by atoms with E-state index in [0.717, 1.165) is 30.1 Å². The molecule has 0 atom stereocenters. The van der Waals surface area contributed by atoms with E-state index in [4.69, 9.17) is 0 Å². The zero-order chi connectivity index (χ0) is 17.0. The van der Waals surface area contributed by atoms with Crippen LogP contribution in [0.1, 0.15) is 103 Å². The van der Waals surface area contributed by atoms with Gasteiger partial charge in [0.1, 0.15) is 0 Å². The molecule has 0 bridgehead atoms. The Morgan fingerprint density at radius 1 is 0.750 bits per heavy atom. The molecular formula is C23H41F. The van der Waals surface area contributed by atoms with Gasteiger partial charge in [0.15, 0.2) is 0 Å². The molecule has 0 heterocycles. The molecule has 0 nitrogen and oxygen atoms in total. The first-order valence-corrected chi connectivity index (χ1v) is 11.0. The van der Waals surface area contributed by atoms with Crippen LogP contribution in [0.3, 0.4) is 0 Å². The molecule has 1 heteroatoms. The second kappa shape index (κ2) is 12.1. The quantitative estimate of drug-likeness (QED) is 0.281. The lowest BCUT2D eigenvalue weighted by Crippen LogP contribution is -2.17. The van der Waals surface area contributed by atoms with E-state index in [1.165, 1.54) is 83.5 Å². The van der Waals surface area contributed by atoms with Crippen molar-refractivity contribution < 1.29 is 4.39 Å². The largest absolute Gasteiger partial charge is 0.251 e. The first kappa shape index (κ1) is 20.0. The molecule has 2 saturated carbocycles. The van der Waals surface area contributed by atoms with Crippen LogP contribution in [0.5, 0.6) is 0 Å². The number of allylic oxidation sites excluding steroid dienone is 2. The van der Waals surface area contributed by atoms with Gasteiger partial charge in [-0.05, 0) is 62.2 Å². The van der Waals surface area contributed by atoms with Crippen LogP contribution in [0.25, 0.3) is 0 Å². The van der Waals surface area contributed by atoms with Crippen molar-refractivity contribution in [3.63, 3.8) is 0 Å². The fraction of sp³-hybridized carbons (Fsp3) is 0.913. The first-order valence-electron chi connectivity index (χ1n) is 11.0. The van der Waals surface area contributed by atoms with Gasteiger partial charge in [0.25, 0.3) is 0 Å². The van der Waals surface area contributed by atoms with E-state index >= 15 is 0 Å². The normalized spacial score (nSPS) is 31.6. The van der Waals surface area contributed by atoms with E-state index < -0.39 is 0 Å². The Hall–Kier alpha value is -0.330. The molecule has 0 radical (unpaired) electrons. The number of unbranched alkanes of at least 4 members (excludes halogenated alkanes) is 2. The summed E-state index contributed by atoms with van der Waals surface area (Å²) >= 11 is 0. The maximum absolute atomic E-state index is 12.1. The fourth-order valence-electron chi connectivity index (χ4n) is 4.93. The third-order valence-electron chi connectivity index (χ3n) is 6.72. The van der Waals surface area contributed by atoms with Crippen molar-refractivity contribution in [3.8, 4) is 0 Å². The van der Waals surface area contributed by atoms with Gasteiger partial charge >= 0.3 is 0 Å². The van der Waals surface area contributed by atoms with Crippen LogP contribution >= 0.6 is 0 Å². The van der Waals surface area contributed by atoms with Crippen molar-refractivity contribution in [2.45, 2.75) is 103 Å². The second-order valence-electron chi connectivity index (χ2n) is 8.65. The summed E-state index contributed by atoms with van der Waals surface area (Å²) in [5.41, 5.74) is 0. The maximum atomic E-state index is 12.1. The van der Waals surface area contributed by atoms with Gasteiger partial charge in [-0.25, -0.2) is 0 Å². The summed E-state index contributed by atoms with van der Waals surface area (Å²) in [5.74, 6) is 3.88.